The summed E-state index contributed by atoms with van der Waals surface area (Å²) in [5.41, 5.74) is 2.16. The summed E-state index contributed by atoms with van der Waals surface area (Å²) in [7, 11) is 4.18. The summed E-state index contributed by atoms with van der Waals surface area (Å²) in [4.78, 5) is 16.1. The molecule has 18 heavy (non-hydrogen) atoms. The summed E-state index contributed by atoms with van der Waals surface area (Å²) in [5, 5.41) is 12.9. The number of carboxylic acids is 1. The van der Waals surface area contributed by atoms with E-state index in [1.807, 2.05) is 18.2 Å². The minimum Gasteiger partial charge on any atom is -0.543 e. The van der Waals surface area contributed by atoms with Crippen LogP contribution in [0.5, 0.6) is 0 Å². The standard InChI is InChI=1S/C13H14N2O2S/c1-15(2)7-9-4-3-5-10(6-9)12-14-11(8-18-12)13(16)17/h3-6,8H,7H2,1-2H3,(H,16,17). The van der Waals surface area contributed by atoms with Crippen LogP contribution in [0, 0.1) is 0 Å². The van der Waals surface area contributed by atoms with Crippen LogP contribution in [0.15, 0.2) is 29.6 Å². The summed E-state index contributed by atoms with van der Waals surface area (Å²) in [6.45, 7) is 0.923. The molecule has 1 N–H and O–H groups in total. The zero-order valence-electron chi connectivity index (χ0n) is 10.3. The number of quaternary nitrogens is 1. The minimum atomic E-state index is -1.23. The van der Waals surface area contributed by atoms with Gasteiger partial charge in [0.1, 0.15) is 11.6 Å². The maximum Gasteiger partial charge on any atom is 0.124 e. The Balaban J connectivity index is 2.29. The van der Waals surface area contributed by atoms with Crippen molar-refractivity contribution in [1.29, 1.82) is 0 Å². The molecule has 0 saturated carbocycles. The van der Waals surface area contributed by atoms with Gasteiger partial charge in [0.05, 0.1) is 25.8 Å². The predicted octanol–water partition coefficient (Wildman–Crippen LogP) is -0.182. The maximum absolute atomic E-state index is 10.7. The molecule has 0 unspecified atom stereocenters. The zero-order valence-corrected chi connectivity index (χ0v) is 11.1. The number of carboxylic acid groups (broad SMARTS) is 1. The summed E-state index contributed by atoms with van der Waals surface area (Å²) >= 11 is 1.32. The van der Waals surface area contributed by atoms with Crippen LogP contribution in [-0.4, -0.2) is 25.0 Å². The molecule has 0 amide bonds. The SMILES string of the molecule is C[NH+](C)Cc1cccc(-c2nc(C(=O)[O-])cs2)c1. The van der Waals surface area contributed by atoms with E-state index in [4.69, 9.17) is 0 Å². The number of carbonyl (C=O) groups is 1. The van der Waals surface area contributed by atoms with Crippen LogP contribution in [0.25, 0.3) is 10.6 Å². The molecule has 0 aliphatic rings. The summed E-state index contributed by atoms with van der Waals surface area (Å²) in [6.07, 6.45) is 0. The van der Waals surface area contributed by atoms with Crippen LogP contribution < -0.4 is 10.0 Å². The first-order chi connectivity index (χ1) is 8.56. The lowest BCUT2D eigenvalue weighted by Gasteiger charge is -2.07. The van der Waals surface area contributed by atoms with E-state index >= 15 is 0 Å². The molecule has 0 aliphatic heterocycles. The molecule has 0 radical (unpaired) electrons. The Morgan fingerprint density at radius 3 is 2.83 bits per heavy atom. The van der Waals surface area contributed by atoms with Crippen LogP contribution >= 0.6 is 11.3 Å². The number of carbonyl (C=O) groups excluding carboxylic acids is 1. The molecule has 5 heteroatoms. The first kappa shape index (κ1) is 12.7. The average molecular weight is 262 g/mol. The monoisotopic (exact) mass is 262 g/mol. The lowest BCUT2D eigenvalue weighted by atomic mass is 10.1. The number of nitrogens with zero attached hydrogens (tertiary/aromatic N) is 1. The Labute approximate surface area is 110 Å². The number of rotatable bonds is 4. The zero-order chi connectivity index (χ0) is 13.1. The second-order valence-corrected chi connectivity index (χ2v) is 5.27. The molecule has 1 heterocycles. The molecule has 0 bridgehead atoms. The highest BCUT2D eigenvalue weighted by Gasteiger charge is 2.07. The number of hydrogen-bond acceptors (Lipinski definition) is 4. The Bertz CT molecular complexity index is 564. The summed E-state index contributed by atoms with van der Waals surface area (Å²) in [5.74, 6) is -1.23. The molecule has 2 aromatic rings. The van der Waals surface area contributed by atoms with Crippen molar-refractivity contribution in [1.82, 2.24) is 4.98 Å². The second kappa shape index (κ2) is 5.29. The third-order valence-electron chi connectivity index (χ3n) is 2.44. The number of benzene rings is 1. The van der Waals surface area contributed by atoms with Gasteiger partial charge in [-0.1, -0.05) is 18.2 Å². The van der Waals surface area contributed by atoms with Crippen LogP contribution in [0.4, 0.5) is 0 Å². The molecule has 1 aromatic carbocycles. The van der Waals surface area contributed by atoms with Gasteiger partial charge in [-0.25, -0.2) is 4.98 Å². The van der Waals surface area contributed by atoms with Gasteiger partial charge in [0.25, 0.3) is 0 Å². The number of aromatic carboxylic acids is 1. The van der Waals surface area contributed by atoms with Gasteiger partial charge in [-0.05, 0) is 6.07 Å². The van der Waals surface area contributed by atoms with E-state index in [0.29, 0.717) is 5.01 Å². The van der Waals surface area contributed by atoms with Gasteiger partial charge >= 0.3 is 0 Å². The highest BCUT2D eigenvalue weighted by molar-refractivity contribution is 7.13. The van der Waals surface area contributed by atoms with E-state index < -0.39 is 5.97 Å². The average Bonchev–Trinajstić information content (AvgIpc) is 2.77. The molecule has 0 atom stereocenters. The maximum atomic E-state index is 10.7. The number of hydrogen-bond donors (Lipinski definition) is 1. The van der Waals surface area contributed by atoms with Crippen LogP contribution in [0.3, 0.4) is 0 Å². The van der Waals surface area contributed by atoms with Crippen molar-refractivity contribution >= 4 is 17.3 Å². The highest BCUT2D eigenvalue weighted by Crippen LogP contribution is 2.24. The molecule has 1 aromatic heterocycles. The van der Waals surface area contributed by atoms with Gasteiger partial charge in [-0.3, -0.25) is 0 Å². The van der Waals surface area contributed by atoms with Crippen molar-refractivity contribution in [2.24, 2.45) is 0 Å². The third kappa shape index (κ3) is 2.94. The molecule has 0 spiro atoms. The third-order valence-corrected chi connectivity index (χ3v) is 3.34. The highest BCUT2D eigenvalue weighted by atomic mass is 32.1. The van der Waals surface area contributed by atoms with Crippen molar-refractivity contribution in [2.45, 2.75) is 6.54 Å². The van der Waals surface area contributed by atoms with Gasteiger partial charge in [0.15, 0.2) is 0 Å². The van der Waals surface area contributed by atoms with Crippen LogP contribution in [-0.2, 0) is 6.54 Å². The first-order valence-electron chi connectivity index (χ1n) is 5.61. The van der Waals surface area contributed by atoms with Gasteiger partial charge in [0, 0.05) is 16.5 Å². The lowest BCUT2D eigenvalue weighted by molar-refractivity contribution is -0.872. The quantitative estimate of drug-likeness (QED) is 0.831. The normalized spacial score (nSPS) is 10.8. The second-order valence-electron chi connectivity index (χ2n) is 4.41. The fraction of sp³-hybridized carbons (Fsp3) is 0.231. The summed E-state index contributed by atoms with van der Waals surface area (Å²) in [6, 6.07) is 8.01. The van der Waals surface area contributed by atoms with E-state index in [1.165, 1.54) is 27.2 Å². The van der Waals surface area contributed by atoms with Crippen molar-refractivity contribution in [3.8, 4) is 10.6 Å². The largest absolute Gasteiger partial charge is 0.543 e. The molecule has 94 valence electrons. The number of nitrogens with one attached hydrogen (secondary N) is 1. The molecule has 4 nitrogen and oxygen atoms in total. The Kier molecular flexibility index (Phi) is 3.74. The fourth-order valence-electron chi connectivity index (χ4n) is 1.72. The molecule has 0 aliphatic carbocycles. The smallest absolute Gasteiger partial charge is 0.124 e. The minimum absolute atomic E-state index is 0.00126. The predicted molar refractivity (Wildman–Crippen MR) is 68.4 cm³/mol. The topological polar surface area (TPSA) is 57.5 Å². The lowest BCUT2D eigenvalue weighted by Crippen LogP contribution is -3.04. The number of thiazole rings is 1. The molecule has 0 saturated heterocycles. The van der Waals surface area contributed by atoms with Crippen molar-refractivity contribution < 1.29 is 14.8 Å². The summed E-state index contributed by atoms with van der Waals surface area (Å²) < 4.78 is 0. The number of aromatic nitrogens is 1. The molecule has 0 fully saturated rings. The van der Waals surface area contributed by atoms with Crippen LogP contribution in [0.2, 0.25) is 0 Å². The molecular formula is C13H14N2O2S. The van der Waals surface area contributed by atoms with E-state index in [2.05, 4.69) is 25.1 Å². The first-order valence-corrected chi connectivity index (χ1v) is 6.49. The van der Waals surface area contributed by atoms with Crippen molar-refractivity contribution in [3.05, 3.63) is 40.9 Å². The van der Waals surface area contributed by atoms with E-state index in [9.17, 15) is 9.90 Å². The van der Waals surface area contributed by atoms with Crippen molar-refractivity contribution in [3.63, 3.8) is 0 Å². The van der Waals surface area contributed by atoms with Crippen molar-refractivity contribution in [2.75, 3.05) is 14.1 Å². The Morgan fingerprint density at radius 2 is 2.22 bits per heavy atom. The Morgan fingerprint density at radius 1 is 1.44 bits per heavy atom. The van der Waals surface area contributed by atoms with E-state index in [-0.39, 0.29) is 5.69 Å². The van der Waals surface area contributed by atoms with Crippen LogP contribution in [0.1, 0.15) is 16.1 Å². The fourth-order valence-corrected chi connectivity index (χ4v) is 2.51. The molecular weight excluding hydrogens is 248 g/mol. The van der Waals surface area contributed by atoms with E-state index in [0.717, 1.165) is 12.1 Å². The van der Waals surface area contributed by atoms with Gasteiger partial charge in [0.2, 0.25) is 0 Å². The Hall–Kier alpha value is -1.72. The van der Waals surface area contributed by atoms with E-state index in [1.54, 1.807) is 0 Å². The van der Waals surface area contributed by atoms with Gasteiger partial charge < -0.3 is 14.8 Å². The van der Waals surface area contributed by atoms with Gasteiger partial charge in [-0.2, -0.15) is 0 Å². The van der Waals surface area contributed by atoms with Gasteiger partial charge in [-0.15, -0.1) is 11.3 Å². The molecule has 2 rings (SSSR count).